The Morgan fingerprint density at radius 3 is 2.43 bits per heavy atom. The van der Waals surface area contributed by atoms with Gasteiger partial charge in [0.2, 0.25) is 11.8 Å². The predicted molar refractivity (Wildman–Crippen MR) is 122 cm³/mol. The molecular weight excluding hydrogens is 394 g/mol. The van der Waals surface area contributed by atoms with Crippen LogP contribution in [0.2, 0.25) is 0 Å². The Hall–Kier alpha value is -2.18. The van der Waals surface area contributed by atoms with Crippen molar-refractivity contribution in [2.24, 2.45) is 11.8 Å². The van der Waals surface area contributed by atoms with Crippen LogP contribution in [0.3, 0.4) is 0 Å². The van der Waals surface area contributed by atoms with Gasteiger partial charge in [0.1, 0.15) is 0 Å². The van der Waals surface area contributed by atoms with Gasteiger partial charge in [-0.2, -0.15) is 0 Å². The second-order valence-corrected chi connectivity index (χ2v) is 9.64. The molecule has 1 saturated heterocycles. The second-order valence-electron chi connectivity index (χ2n) is 8.66. The first-order valence-corrected chi connectivity index (χ1v) is 11.6. The Balaban J connectivity index is 1.58. The van der Waals surface area contributed by atoms with Crippen molar-refractivity contribution < 1.29 is 9.59 Å². The Morgan fingerprint density at radius 2 is 1.80 bits per heavy atom. The number of likely N-dealkylation sites (tertiary alicyclic amines) is 1. The lowest BCUT2D eigenvalue weighted by atomic mass is 9.91. The number of rotatable bonds is 8. The van der Waals surface area contributed by atoms with E-state index in [2.05, 4.69) is 47.6 Å². The van der Waals surface area contributed by atoms with Crippen molar-refractivity contribution >= 4 is 23.2 Å². The molecule has 5 nitrogen and oxygen atoms in total. The van der Waals surface area contributed by atoms with Crippen LogP contribution in [0.4, 0.5) is 0 Å². The molecule has 1 aromatic carbocycles. The highest BCUT2D eigenvalue weighted by molar-refractivity contribution is 7.10. The number of hydrogen-bond donors (Lipinski definition) is 2. The molecule has 1 aromatic heterocycles. The van der Waals surface area contributed by atoms with E-state index < -0.39 is 0 Å². The van der Waals surface area contributed by atoms with Crippen LogP contribution in [-0.2, 0) is 22.7 Å². The van der Waals surface area contributed by atoms with Crippen molar-refractivity contribution in [3.8, 4) is 0 Å². The number of piperidine rings is 1. The maximum Gasteiger partial charge on any atom is 0.222 e. The second kappa shape index (κ2) is 10.7. The van der Waals surface area contributed by atoms with Crippen molar-refractivity contribution in [1.29, 1.82) is 0 Å². The molecule has 0 bridgehead atoms. The van der Waals surface area contributed by atoms with Gasteiger partial charge in [-0.3, -0.25) is 14.5 Å². The van der Waals surface area contributed by atoms with Gasteiger partial charge in [-0.25, -0.2) is 0 Å². The molecule has 2 N–H and O–H groups in total. The summed E-state index contributed by atoms with van der Waals surface area (Å²) in [6.07, 6.45) is 1.54. The summed E-state index contributed by atoms with van der Waals surface area (Å²) in [7, 11) is 0. The number of thiophene rings is 1. The Kier molecular flexibility index (Phi) is 8.05. The standard InChI is InChI=1S/C24H33N3O2S/c1-17-11-18(2)15-27(14-17)16-21-8-5-4-7-20(21)13-25-24(29)12-22(26-19(3)28)23-9-6-10-30-23/h4-10,17-18,22H,11-16H2,1-3H3,(H,25,29)(H,26,28). The first-order valence-electron chi connectivity index (χ1n) is 10.8. The van der Waals surface area contributed by atoms with Crippen LogP contribution in [0.15, 0.2) is 41.8 Å². The van der Waals surface area contributed by atoms with Gasteiger partial charge in [0.15, 0.2) is 0 Å². The molecule has 2 amide bonds. The third kappa shape index (κ3) is 6.67. The van der Waals surface area contributed by atoms with Crippen LogP contribution in [0.5, 0.6) is 0 Å². The lowest BCUT2D eigenvalue weighted by Crippen LogP contribution is -2.38. The van der Waals surface area contributed by atoms with Crippen LogP contribution in [-0.4, -0.2) is 29.8 Å². The van der Waals surface area contributed by atoms with Crippen molar-refractivity contribution in [2.45, 2.75) is 52.7 Å². The van der Waals surface area contributed by atoms with Gasteiger partial charge < -0.3 is 10.6 Å². The third-order valence-corrected chi connectivity index (χ3v) is 6.57. The Bertz CT molecular complexity index is 827. The Morgan fingerprint density at radius 1 is 1.10 bits per heavy atom. The molecule has 1 aliphatic heterocycles. The number of nitrogens with zero attached hydrogens (tertiary/aromatic N) is 1. The molecule has 0 aliphatic carbocycles. The minimum absolute atomic E-state index is 0.0582. The molecule has 0 radical (unpaired) electrons. The quantitative estimate of drug-likeness (QED) is 0.666. The van der Waals surface area contributed by atoms with Crippen molar-refractivity contribution in [3.63, 3.8) is 0 Å². The van der Waals surface area contributed by atoms with Crippen molar-refractivity contribution in [3.05, 3.63) is 57.8 Å². The lowest BCUT2D eigenvalue weighted by molar-refractivity contribution is -0.122. The molecule has 2 heterocycles. The predicted octanol–water partition coefficient (Wildman–Crippen LogP) is 4.11. The van der Waals surface area contributed by atoms with Gasteiger partial charge in [-0.1, -0.05) is 44.2 Å². The van der Waals surface area contributed by atoms with Crippen LogP contribution in [0, 0.1) is 11.8 Å². The van der Waals surface area contributed by atoms with Crippen LogP contribution in [0.1, 0.15) is 55.7 Å². The van der Waals surface area contributed by atoms with Crippen molar-refractivity contribution in [2.75, 3.05) is 13.1 Å². The smallest absolute Gasteiger partial charge is 0.222 e. The molecule has 1 aliphatic rings. The first kappa shape index (κ1) is 22.5. The largest absolute Gasteiger partial charge is 0.352 e. The zero-order valence-corrected chi connectivity index (χ0v) is 19.0. The van der Waals surface area contributed by atoms with Gasteiger partial charge in [0.25, 0.3) is 0 Å². The van der Waals surface area contributed by atoms with E-state index in [1.807, 2.05) is 23.6 Å². The molecule has 162 valence electrons. The minimum atomic E-state index is -0.283. The fourth-order valence-electron chi connectivity index (χ4n) is 4.46. The van der Waals surface area contributed by atoms with E-state index in [0.29, 0.717) is 6.54 Å². The molecule has 3 rings (SSSR count). The van der Waals surface area contributed by atoms with Crippen LogP contribution < -0.4 is 10.6 Å². The molecule has 3 atom stereocenters. The maximum atomic E-state index is 12.6. The summed E-state index contributed by atoms with van der Waals surface area (Å²) in [5.41, 5.74) is 2.43. The fraction of sp³-hybridized carbons (Fsp3) is 0.500. The van der Waals surface area contributed by atoms with Crippen molar-refractivity contribution in [1.82, 2.24) is 15.5 Å². The summed E-state index contributed by atoms with van der Waals surface area (Å²) in [4.78, 5) is 27.7. The average Bonchev–Trinajstić information content (AvgIpc) is 3.20. The zero-order chi connectivity index (χ0) is 21.5. The van der Waals surface area contributed by atoms with Gasteiger partial charge in [0.05, 0.1) is 12.5 Å². The summed E-state index contributed by atoms with van der Waals surface area (Å²) in [5, 5.41) is 7.90. The van der Waals surface area contributed by atoms with Gasteiger partial charge in [-0.15, -0.1) is 11.3 Å². The normalized spacial score (nSPS) is 20.5. The summed E-state index contributed by atoms with van der Waals surface area (Å²) >= 11 is 1.55. The number of amides is 2. The van der Waals surface area contributed by atoms with Crippen LogP contribution in [0.25, 0.3) is 0 Å². The average molecular weight is 428 g/mol. The fourth-order valence-corrected chi connectivity index (χ4v) is 5.23. The number of carbonyl (C=O) groups excluding carboxylic acids is 2. The number of hydrogen-bond acceptors (Lipinski definition) is 4. The molecule has 1 fully saturated rings. The highest BCUT2D eigenvalue weighted by atomic mass is 32.1. The van der Waals surface area contributed by atoms with Gasteiger partial charge in [0, 0.05) is 38.0 Å². The molecular formula is C24H33N3O2S. The minimum Gasteiger partial charge on any atom is -0.352 e. The topological polar surface area (TPSA) is 61.4 Å². The van der Waals surface area contributed by atoms with Crippen LogP contribution >= 0.6 is 11.3 Å². The van der Waals surface area contributed by atoms with E-state index in [1.165, 1.54) is 18.9 Å². The first-order chi connectivity index (χ1) is 14.4. The number of benzene rings is 1. The third-order valence-electron chi connectivity index (χ3n) is 5.59. The molecule has 2 aromatic rings. The van der Waals surface area contributed by atoms with Gasteiger partial charge >= 0.3 is 0 Å². The molecule has 3 unspecified atom stereocenters. The van der Waals surface area contributed by atoms with E-state index in [9.17, 15) is 9.59 Å². The molecule has 0 spiro atoms. The summed E-state index contributed by atoms with van der Waals surface area (Å²) in [5.74, 6) is 1.26. The van der Waals surface area contributed by atoms with E-state index in [0.717, 1.165) is 41.9 Å². The summed E-state index contributed by atoms with van der Waals surface area (Å²) in [6.45, 7) is 9.82. The maximum absolute atomic E-state index is 12.6. The molecule has 6 heteroatoms. The monoisotopic (exact) mass is 427 g/mol. The summed E-state index contributed by atoms with van der Waals surface area (Å²) < 4.78 is 0. The van der Waals surface area contributed by atoms with Gasteiger partial charge in [-0.05, 0) is 40.8 Å². The van der Waals surface area contributed by atoms with E-state index in [-0.39, 0.29) is 24.3 Å². The zero-order valence-electron chi connectivity index (χ0n) is 18.2. The highest BCUT2D eigenvalue weighted by Crippen LogP contribution is 2.24. The van der Waals surface area contributed by atoms with E-state index in [4.69, 9.17) is 0 Å². The highest BCUT2D eigenvalue weighted by Gasteiger charge is 2.22. The lowest BCUT2D eigenvalue weighted by Gasteiger charge is -2.35. The molecule has 30 heavy (non-hydrogen) atoms. The SMILES string of the molecule is CC(=O)NC(CC(=O)NCc1ccccc1CN1CC(C)CC(C)C1)c1cccs1. The van der Waals surface area contributed by atoms with E-state index in [1.54, 1.807) is 11.3 Å². The summed E-state index contributed by atoms with van der Waals surface area (Å²) in [6, 6.07) is 12.0. The number of carbonyl (C=O) groups is 2. The number of nitrogens with one attached hydrogen (secondary N) is 2. The van der Waals surface area contributed by atoms with E-state index >= 15 is 0 Å². The molecule has 0 saturated carbocycles. The Labute approximate surface area is 183 Å².